The summed E-state index contributed by atoms with van der Waals surface area (Å²) < 4.78 is 11.5. The van der Waals surface area contributed by atoms with Crippen molar-refractivity contribution >= 4 is 22.7 Å². The van der Waals surface area contributed by atoms with E-state index in [0.29, 0.717) is 42.2 Å². The molecule has 4 rings (SSSR count). The zero-order chi connectivity index (χ0) is 19.7. The number of hydrogen-bond acceptors (Lipinski definition) is 7. The molecular weight excluding hydrogens is 360 g/mol. The van der Waals surface area contributed by atoms with Gasteiger partial charge < -0.3 is 19.0 Å². The first kappa shape index (κ1) is 18.0. The van der Waals surface area contributed by atoms with Crippen LogP contribution in [-0.4, -0.2) is 54.1 Å². The number of nitrogens with zero attached hydrogens (tertiary/aromatic N) is 4. The number of carbonyl (C=O) groups is 1. The summed E-state index contributed by atoms with van der Waals surface area (Å²) in [5.41, 5.74) is 0.175. The molecule has 8 nitrogen and oxygen atoms in total. The number of benzene rings is 1. The van der Waals surface area contributed by atoms with Crippen molar-refractivity contribution in [2.75, 3.05) is 32.1 Å². The van der Waals surface area contributed by atoms with Crippen molar-refractivity contribution < 1.29 is 13.9 Å². The fourth-order valence-corrected chi connectivity index (χ4v) is 3.16. The third-order valence-corrected chi connectivity index (χ3v) is 4.62. The highest BCUT2D eigenvalue weighted by Gasteiger charge is 2.30. The van der Waals surface area contributed by atoms with Crippen molar-refractivity contribution in [2.45, 2.75) is 12.5 Å². The van der Waals surface area contributed by atoms with Crippen molar-refractivity contribution in [1.82, 2.24) is 14.9 Å². The summed E-state index contributed by atoms with van der Waals surface area (Å²) >= 11 is 0. The molecule has 0 radical (unpaired) electrons. The van der Waals surface area contributed by atoms with E-state index in [1.54, 1.807) is 41.6 Å². The summed E-state index contributed by atoms with van der Waals surface area (Å²) in [6.45, 7) is 0.907. The molecule has 0 saturated carbocycles. The molecule has 1 aliphatic heterocycles. The van der Waals surface area contributed by atoms with Crippen LogP contribution in [0.15, 0.2) is 51.9 Å². The molecule has 0 N–H and O–H groups in total. The third kappa shape index (κ3) is 3.53. The van der Waals surface area contributed by atoms with Crippen molar-refractivity contribution in [3.8, 4) is 5.88 Å². The summed E-state index contributed by atoms with van der Waals surface area (Å²) in [5.74, 6) is 0.838. The molecule has 0 aliphatic carbocycles. The highest BCUT2D eigenvalue weighted by Crippen LogP contribution is 2.20. The molecule has 1 saturated heterocycles. The quantitative estimate of drug-likeness (QED) is 0.683. The van der Waals surface area contributed by atoms with Gasteiger partial charge in [0.2, 0.25) is 5.88 Å². The van der Waals surface area contributed by atoms with Gasteiger partial charge in [-0.3, -0.25) is 14.6 Å². The van der Waals surface area contributed by atoms with E-state index >= 15 is 0 Å². The van der Waals surface area contributed by atoms with Crippen LogP contribution in [0.1, 0.15) is 17.0 Å². The second kappa shape index (κ2) is 7.30. The third-order valence-electron chi connectivity index (χ3n) is 4.62. The summed E-state index contributed by atoms with van der Waals surface area (Å²) in [6, 6.07) is 8.14. The molecule has 1 fully saturated rings. The van der Waals surface area contributed by atoms with Gasteiger partial charge in [0.25, 0.3) is 5.91 Å². The number of amides is 1. The molecule has 8 heteroatoms. The number of para-hydroxylation sites is 1. The van der Waals surface area contributed by atoms with Crippen LogP contribution >= 0.6 is 0 Å². The summed E-state index contributed by atoms with van der Waals surface area (Å²) in [5, 5.41) is 0.459. The van der Waals surface area contributed by atoms with E-state index in [4.69, 9.17) is 9.15 Å². The van der Waals surface area contributed by atoms with Gasteiger partial charge in [0.1, 0.15) is 11.7 Å². The van der Waals surface area contributed by atoms with Crippen molar-refractivity contribution in [2.24, 2.45) is 0 Å². The number of carbonyl (C=O) groups excluding carboxylic acids is 1. The SMILES string of the molecule is CN(C)c1cncc(OC2CCN(C(=O)c3cc(=O)c4ccccc4o3)C2)n1. The van der Waals surface area contributed by atoms with Crippen LogP contribution < -0.4 is 15.1 Å². The van der Waals surface area contributed by atoms with Gasteiger partial charge in [-0.1, -0.05) is 12.1 Å². The van der Waals surface area contributed by atoms with Crippen LogP contribution in [0.2, 0.25) is 0 Å². The highest BCUT2D eigenvalue weighted by molar-refractivity contribution is 5.93. The van der Waals surface area contributed by atoms with Gasteiger partial charge in [-0.25, -0.2) is 0 Å². The second-order valence-electron chi connectivity index (χ2n) is 6.86. The fraction of sp³-hybridized carbons (Fsp3) is 0.300. The zero-order valence-corrected chi connectivity index (χ0v) is 15.7. The Morgan fingerprint density at radius 2 is 2.11 bits per heavy atom. The molecule has 0 spiro atoms. The number of hydrogen-bond donors (Lipinski definition) is 0. The Kier molecular flexibility index (Phi) is 4.68. The first-order valence-corrected chi connectivity index (χ1v) is 8.99. The Bertz CT molecular complexity index is 1080. The standard InChI is InChI=1S/C20H20N4O4/c1-23(2)18-10-21-11-19(22-18)27-13-7-8-24(12-13)20(26)17-9-15(25)14-5-3-4-6-16(14)28-17/h3-6,9-11,13H,7-8,12H2,1-2H3. The number of fused-ring (bicyclic) bond motifs is 1. The maximum absolute atomic E-state index is 12.8. The molecule has 144 valence electrons. The van der Waals surface area contributed by atoms with Crippen molar-refractivity contribution in [3.05, 3.63) is 58.7 Å². The van der Waals surface area contributed by atoms with E-state index in [1.807, 2.05) is 19.0 Å². The molecule has 1 aliphatic rings. The predicted octanol–water partition coefficient (Wildman–Crippen LogP) is 1.94. The number of ether oxygens (including phenoxy) is 1. The Balaban J connectivity index is 1.47. The molecule has 0 bridgehead atoms. The molecule has 3 heterocycles. The smallest absolute Gasteiger partial charge is 0.289 e. The Hall–Kier alpha value is -3.42. The van der Waals surface area contributed by atoms with Crippen LogP contribution in [0.4, 0.5) is 5.82 Å². The van der Waals surface area contributed by atoms with Crippen LogP contribution in [-0.2, 0) is 0 Å². The summed E-state index contributed by atoms with van der Waals surface area (Å²) in [4.78, 5) is 37.0. The Labute approximate surface area is 161 Å². The van der Waals surface area contributed by atoms with Gasteiger partial charge in [-0.15, -0.1) is 0 Å². The van der Waals surface area contributed by atoms with E-state index in [0.717, 1.165) is 0 Å². The van der Waals surface area contributed by atoms with Crippen LogP contribution in [0.25, 0.3) is 11.0 Å². The van der Waals surface area contributed by atoms with E-state index in [2.05, 4.69) is 9.97 Å². The highest BCUT2D eigenvalue weighted by atomic mass is 16.5. The first-order chi connectivity index (χ1) is 13.5. The fourth-order valence-electron chi connectivity index (χ4n) is 3.16. The van der Waals surface area contributed by atoms with Crippen LogP contribution in [0, 0.1) is 0 Å². The zero-order valence-electron chi connectivity index (χ0n) is 15.7. The minimum absolute atomic E-state index is 0.0405. The normalized spacial score (nSPS) is 16.4. The van der Waals surface area contributed by atoms with E-state index in [9.17, 15) is 9.59 Å². The molecule has 2 aromatic heterocycles. The summed E-state index contributed by atoms with van der Waals surface area (Å²) in [7, 11) is 3.75. The molecule has 1 atom stereocenters. The Morgan fingerprint density at radius 3 is 2.93 bits per heavy atom. The average molecular weight is 380 g/mol. The van der Waals surface area contributed by atoms with E-state index in [1.165, 1.54) is 6.07 Å². The molecule has 1 aromatic carbocycles. The number of likely N-dealkylation sites (tertiary alicyclic amines) is 1. The average Bonchev–Trinajstić information content (AvgIpc) is 3.16. The molecule has 28 heavy (non-hydrogen) atoms. The van der Waals surface area contributed by atoms with Gasteiger partial charge in [-0.05, 0) is 12.1 Å². The van der Waals surface area contributed by atoms with Crippen LogP contribution in [0.5, 0.6) is 5.88 Å². The first-order valence-electron chi connectivity index (χ1n) is 8.99. The lowest BCUT2D eigenvalue weighted by Crippen LogP contribution is -2.31. The lowest BCUT2D eigenvalue weighted by atomic mass is 10.2. The van der Waals surface area contributed by atoms with E-state index < -0.39 is 0 Å². The van der Waals surface area contributed by atoms with Gasteiger partial charge >= 0.3 is 0 Å². The predicted molar refractivity (Wildman–Crippen MR) is 104 cm³/mol. The van der Waals surface area contributed by atoms with Gasteiger partial charge in [0.15, 0.2) is 17.0 Å². The van der Waals surface area contributed by atoms with Gasteiger partial charge in [-0.2, -0.15) is 4.98 Å². The topological polar surface area (TPSA) is 88.8 Å². The number of aromatic nitrogens is 2. The molecule has 3 aromatic rings. The molecule has 1 amide bonds. The molecule has 1 unspecified atom stereocenters. The van der Waals surface area contributed by atoms with Crippen molar-refractivity contribution in [1.29, 1.82) is 0 Å². The maximum atomic E-state index is 12.8. The summed E-state index contributed by atoms with van der Waals surface area (Å²) in [6.07, 6.45) is 3.68. The monoisotopic (exact) mass is 380 g/mol. The number of anilines is 1. The second-order valence-corrected chi connectivity index (χ2v) is 6.86. The lowest BCUT2D eigenvalue weighted by molar-refractivity contribution is 0.0740. The van der Waals surface area contributed by atoms with Gasteiger partial charge in [0, 0.05) is 33.1 Å². The minimum atomic E-state index is -0.318. The minimum Gasteiger partial charge on any atom is -0.471 e. The Morgan fingerprint density at radius 1 is 1.29 bits per heavy atom. The molecular formula is C20H20N4O4. The van der Waals surface area contributed by atoms with Crippen molar-refractivity contribution in [3.63, 3.8) is 0 Å². The van der Waals surface area contributed by atoms with Gasteiger partial charge in [0.05, 0.1) is 24.3 Å². The maximum Gasteiger partial charge on any atom is 0.289 e. The van der Waals surface area contributed by atoms with E-state index in [-0.39, 0.29) is 23.2 Å². The van der Waals surface area contributed by atoms with Crippen LogP contribution in [0.3, 0.4) is 0 Å². The largest absolute Gasteiger partial charge is 0.471 e. The number of rotatable bonds is 4. The lowest BCUT2D eigenvalue weighted by Gasteiger charge is -2.17.